The summed E-state index contributed by atoms with van der Waals surface area (Å²) in [5.74, 6) is -1.02. The van der Waals surface area contributed by atoms with E-state index in [2.05, 4.69) is 5.32 Å². The van der Waals surface area contributed by atoms with Crippen molar-refractivity contribution in [3.05, 3.63) is 29.8 Å². The minimum absolute atomic E-state index is 0.159. The van der Waals surface area contributed by atoms with Gasteiger partial charge in [-0.15, -0.1) is 0 Å². The van der Waals surface area contributed by atoms with Crippen molar-refractivity contribution in [3.8, 4) is 0 Å². The highest BCUT2D eigenvalue weighted by molar-refractivity contribution is 5.87. The molecule has 25 heavy (non-hydrogen) atoms. The predicted octanol–water partition coefficient (Wildman–Crippen LogP) is 0.785. The molecule has 2 aliphatic rings. The summed E-state index contributed by atoms with van der Waals surface area (Å²) < 4.78 is 17.1. The standard InChI is InChI=1S/C17H23NO7/c1-2-3-12-23-8-11-15(25-12)13(19)14(20)16(24-11)18-10-6-4-9(5-7-10)17(21)22/h4-7,11-16,18-20H,2-3,8H2,1H3,(H,21,22)/t11-,12?,13-,14-,15-,16-/m1/s1. The minimum Gasteiger partial charge on any atom is -0.478 e. The van der Waals surface area contributed by atoms with Gasteiger partial charge in [-0.1, -0.05) is 13.3 Å². The molecule has 2 fully saturated rings. The average Bonchev–Trinajstić information content (AvgIpc) is 2.61. The maximum absolute atomic E-state index is 10.9. The van der Waals surface area contributed by atoms with Gasteiger partial charge in [0.05, 0.1) is 12.2 Å². The van der Waals surface area contributed by atoms with Crippen molar-refractivity contribution in [2.24, 2.45) is 0 Å². The van der Waals surface area contributed by atoms with Gasteiger partial charge in [0.2, 0.25) is 0 Å². The van der Waals surface area contributed by atoms with Crippen LogP contribution in [0.2, 0.25) is 0 Å². The number of aliphatic hydroxyl groups is 2. The number of anilines is 1. The van der Waals surface area contributed by atoms with Gasteiger partial charge in [0.25, 0.3) is 0 Å². The van der Waals surface area contributed by atoms with E-state index in [1.807, 2.05) is 6.92 Å². The number of aliphatic hydroxyl groups excluding tert-OH is 2. The Hall–Kier alpha value is -1.71. The molecule has 6 atom stereocenters. The van der Waals surface area contributed by atoms with Crippen molar-refractivity contribution in [2.75, 3.05) is 11.9 Å². The van der Waals surface area contributed by atoms with Crippen LogP contribution in [-0.2, 0) is 14.2 Å². The van der Waals surface area contributed by atoms with Crippen LogP contribution in [0.25, 0.3) is 0 Å². The van der Waals surface area contributed by atoms with Crippen molar-refractivity contribution in [1.82, 2.24) is 0 Å². The van der Waals surface area contributed by atoms with Crippen LogP contribution in [0.4, 0.5) is 5.69 Å². The third-order valence-electron chi connectivity index (χ3n) is 4.40. The zero-order valence-electron chi connectivity index (χ0n) is 13.9. The Morgan fingerprint density at radius 2 is 1.92 bits per heavy atom. The molecule has 2 heterocycles. The van der Waals surface area contributed by atoms with Gasteiger partial charge in [-0.3, -0.25) is 0 Å². The number of hydrogen-bond donors (Lipinski definition) is 4. The van der Waals surface area contributed by atoms with Crippen LogP contribution in [0.3, 0.4) is 0 Å². The minimum atomic E-state index is -1.19. The van der Waals surface area contributed by atoms with E-state index in [0.29, 0.717) is 12.1 Å². The smallest absolute Gasteiger partial charge is 0.335 e. The first-order valence-corrected chi connectivity index (χ1v) is 8.38. The number of benzene rings is 1. The number of carbonyl (C=O) groups is 1. The largest absolute Gasteiger partial charge is 0.478 e. The summed E-state index contributed by atoms with van der Waals surface area (Å²) in [5.41, 5.74) is 0.730. The van der Waals surface area contributed by atoms with Crippen molar-refractivity contribution < 1.29 is 34.3 Å². The summed E-state index contributed by atoms with van der Waals surface area (Å²) in [6.45, 7) is 2.28. The van der Waals surface area contributed by atoms with Gasteiger partial charge in [0.15, 0.2) is 12.5 Å². The summed E-state index contributed by atoms with van der Waals surface area (Å²) in [6, 6.07) is 6.04. The lowest BCUT2D eigenvalue weighted by Crippen LogP contribution is -2.64. The van der Waals surface area contributed by atoms with E-state index >= 15 is 0 Å². The molecule has 138 valence electrons. The van der Waals surface area contributed by atoms with Gasteiger partial charge in [0.1, 0.15) is 24.4 Å². The molecule has 0 aliphatic carbocycles. The van der Waals surface area contributed by atoms with Crippen LogP contribution in [0.5, 0.6) is 0 Å². The second-order valence-electron chi connectivity index (χ2n) is 6.26. The molecule has 4 N–H and O–H groups in total. The SMILES string of the molecule is CCCC1OC[C@H]2O[C@@H](Nc3ccc(C(=O)O)cc3)[C@H](O)[C@@H](O)[C@@H]2O1. The van der Waals surface area contributed by atoms with Crippen molar-refractivity contribution in [2.45, 2.75) is 56.7 Å². The van der Waals surface area contributed by atoms with Crippen molar-refractivity contribution in [3.63, 3.8) is 0 Å². The van der Waals surface area contributed by atoms with Crippen molar-refractivity contribution >= 4 is 11.7 Å². The molecule has 0 saturated carbocycles. The number of aromatic carboxylic acids is 1. The fourth-order valence-electron chi connectivity index (χ4n) is 3.04. The second kappa shape index (κ2) is 7.67. The maximum Gasteiger partial charge on any atom is 0.335 e. The number of ether oxygens (including phenoxy) is 3. The van der Waals surface area contributed by atoms with E-state index < -0.39 is 42.9 Å². The Bertz CT molecular complexity index is 591. The van der Waals surface area contributed by atoms with E-state index in [9.17, 15) is 15.0 Å². The van der Waals surface area contributed by atoms with E-state index in [4.69, 9.17) is 19.3 Å². The molecule has 2 saturated heterocycles. The number of carboxylic acids is 1. The molecule has 8 nitrogen and oxygen atoms in total. The molecule has 0 spiro atoms. The van der Waals surface area contributed by atoms with Crippen LogP contribution in [-0.4, -0.2) is 64.8 Å². The first-order chi connectivity index (χ1) is 12.0. The molecule has 2 aliphatic heterocycles. The molecule has 1 aromatic rings. The Labute approximate surface area is 145 Å². The fourth-order valence-corrected chi connectivity index (χ4v) is 3.04. The quantitative estimate of drug-likeness (QED) is 0.614. The molecule has 1 aromatic carbocycles. The van der Waals surface area contributed by atoms with E-state index in [0.717, 1.165) is 6.42 Å². The molecular formula is C17H23NO7. The molecule has 3 rings (SSSR count). The highest BCUT2D eigenvalue weighted by Crippen LogP contribution is 2.30. The van der Waals surface area contributed by atoms with Crippen molar-refractivity contribution in [1.29, 1.82) is 0 Å². The summed E-state index contributed by atoms with van der Waals surface area (Å²) in [7, 11) is 0. The predicted molar refractivity (Wildman–Crippen MR) is 87.2 cm³/mol. The number of rotatable bonds is 5. The summed E-state index contributed by atoms with van der Waals surface area (Å²) >= 11 is 0. The van der Waals surface area contributed by atoms with Gasteiger partial charge in [-0.05, 0) is 30.7 Å². The van der Waals surface area contributed by atoms with Gasteiger partial charge < -0.3 is 34.8 Å². The zero-order valence-corrected chi connectivity index (χ0v) is 13.9. The zero-order chi connectivity index (χ0) is 18.0. The molecule has 0 radical (unpaired) electrons. The van der Waals surface area contributed by atoms with Gasteiger partial charge in [0, 0.05) is 5.69 Å². The average molecular weight is 353 g/mol. The first-order valence-electron chi connectivity index (χ1n) is 8.38. The monoisotopic (exact) mass is 353 g/mol. The second-order valence-corrected chi connectivity index (χ2v) is 6.26. The van der Waals surface area contributed by atoms with E-state index in [1.54, 1.807) is 12.1 Å². The van der Waals surface area contributed by atoms with Crippen LogP contribution >= 0.6 is 0 Å². The first kappa shape index (κ1) is 18.1. The highest BCUT2D eigenvalue weighted by atomic mass is 16.7. The lowest BCUT2D eigenvalue weighted by Gasteiger charge is -2.46. The Balaban J connectivity index is 1.65. The number of fused-ring (bicyclic) bond motifs is 1. The van der Waals surface area contributed by atoms with E-state index in [-0.39, 0.29) is 12.2 Å². The molecular weight excluding hydrogens is 330 g/mol. The maximum atomic E-state index is 10.9. The summed E-state index contributed by atoms with van der Waals surface area (Å²) in [4.78, 5) is 10.9. The van der Waals surface area contributed by atoms with Gasteiger partial charge in [-0.2, -0.15) is 0 Å². The third-order valence-corrected chi connectivity index (χ3v) is 4.40. The topological polar surface area (TPSA) is 117 Å². The van der Waals surface area contributed by atoms with E-state index in [1.165, 1.54) is 12.1 Å². The summed E-state index contributed by atoms with van der Waals surface area (Å²) in [6.07, 6.45) is -3.11. The Morgan fingerprint density at radius 1 is 1.20 bits per heavy atom. The Morgan fingerprint density at radius 3 is 2.56 bits per heavy atom. The third kappa shape index (κ3) is 3.94. The Kier molecular flexibility index (Phi) is 5.55. The number of hydrogen-bond acceptors (Lipinski definition) is 7. The number of nitrogens with one attached hydrogen (secondary N) is 1. The molecule has 8 heteroatoms. The number of carboxylic acid groups (broad SMARTS) is 1. The van der Waals surface area contributed by atoms with Gasteiger partial charge >= 0.3 is 5.97 Å². The fraction of sp³-hybridized carbons (Fsp3) is 0.588. The van der Waals surface area contributed by atoms with Crippen LogP contribution < -0.4 is 5.32 Å². The molecule has 1 unspecified atom stereocenters. The normalized spacial score (nSPS) is 35.0. The van der Waals surface area contributed by atoms with Gasteiger partial charge in [-0.25, -0.2) is 4.79 Å². The highest BCUT2D eigenvalue weighted by Gasteiger charge is 2.48. The van der Waals surface area contributed by atoms with Crippen LogP contribution in [0.1, 0.15) is 30.1 Å². The lowest BCUT2D eigenvalue weighted by molar-refractivity contribution is -0.322. The lowest BCUT2D eigenvalue weighted by atomic mass is 9.97. The summed E-state index contributed by atoms with van der Waals surface area (Å²) in [5, 5.41) is 32.6. The molecule has 0 aromatic heterocycles. The molecule has 0 amide bonds. The van der Waals surface area contributed by atoms with Crippen LogP contribution in [0, 0.1) is 0 Å². The van der Waals surface area contributed by atoms with Crippen LogP contribution in [0.15, 0.2) is 24.3 Å². The molecule has 0 bridgehead atoms.